The number of nitrogens with one attached hydrogen (secondary N) is 1. The van der Waals surface area contributed by atoms with E-state index in [4.69, 9.17) is 0 Å². The van der Waals surface area contributed by atoms with E-state index in [9.17, 15) is 8.78 Å². The first-order chi connectivity index (χ1) is 4.92. The molecular weight excluding hydrogens is 148 g/mol. The maximum atomic E-state index is 11.6. The van der Waals surface area contributed by atoms with Crippen LogP contribution in [0.15, 0.2) is 0 Å². The number of hydrogen-bond acceptors (Lipinski definition) is 1. The molecule has 0 fully saturated rings. The number of alkyl halides is 2. The molecule has 0 aromatic carbocycles. The van der Waals surface area contributed by atoms with Gasteiger partial charge in [0.2, 0.25) is 0 Å². The van der Waals surface area contributed by atoms with E-state index >= 15 is 0 Å². The van der Waals surface area contributed by atoms with Gasteiger partial charge in [0.05, 0.1) is 6.54 Å². The monoisotopic (exact) mass is 165 g/mol. The molecule has 11 heavy (non-hydrogen) atoms. The van der Waals surface area contributed by atoms with E-state index in [1.54, 1.807) is 0 Å². The summed E-state index contributed by atoms with van der Waals surface area (Å²) >= 11 is 0. The number of halogens is 2. The SMILES string of the molecule is CC(C)(C)CCNCC(F)F. The third-order valence-corrected chi connectivity index (χ3v) is 1.35. The van der Waals surface area contributed by atoms with Crippen molar-refractivity contribution in [1.82, 2.24) is 5.32 Å². The lowest BCUT2D eigenvalue weighted by Crippen LogP contribution is -2.25. The zero-order valence-electron chi connectivity index (χ0n) is 7.45. The van der Waals surface area contributed by atoms with Gasteiger partial charge in [-0.15, -0.1) is 0 Å². The van der Waals surface area contributed by atoms with E-state index in [0.29, 0.717) is 6.54 Å². The summed E-state index contributed by atoms with van der Waals surface area (Å²) in [6, 6.07) is 0. The van der Waals surface area contributed by atoms with Gasteiger partial charge in [0, 0.05) is 0 Å². The number of rotatable bonds is 4. The molecule has 0 bridgehead atoms. The summed E-state index contributed by atoms with van der Waals surface area (Å²) in [6.45, 7) is 6.77. The second-order valence-corrected chi connectivity index (χ2v) is 3.91. The Labute approximate surface area is 67.2 Å². The molecule has 0 aromatic heterocycles. The van der Waals surface area contributed by atoms with Crippen molar-refractivity contribution in [3.05, 3.63) is 0 Å². The molecule has 0 aliphatic carbocycles. The quantitative estimate of drug-likeness (QED) is 0.630. The molecule has 0 atom stereocenters. The molecule has 0 rings (SSSR count). The van der Waals surface area contributed by atoms with Gasteiger partial charge in [-0.1, -0.05) is 20.8 Å². The van der Waals surface area contributed by atoms with E-state index in [1.165, 1.54) is 0 Å². The molecule has 0 aliphatic rings. The Hall–Kier alpha value is -0.180. The van der Waals surface area contributed by atoms with Gasteiger partial charge < -0.3 is 5.32 Å². The fourth-order valence-corrected chi connectivity index (χ4v) is 0.675. The van der Waals surface area contributed by atoms with Crippen LogP contribution in [0, 0.1) is 5.41 Å². The minimum atomic E-state index is -2.23. The molecule has 68 valence electrons. The summed E-state index contributed by atoms with van der Waals surface area (Å²) in [7, 11) is 0. The van der Waals surface area contributed by atoms with Crippen LogP contribution < -0.4 is 5.32 Å². The first-order valence-electron chi connectivity index (χ1n) is 3.91. The van der Waals surface area contributed by atoms with Crippen LogP contribution in [0.1, 0.15) is 27.2 Å². The minimum Gasteiger partial charge on any atom is -0.311 e. The molecule has 0 saturated carbocycles. The van der Waals surface area contributed by atoms with Crippen molar-refractivity contribution in [2.75, 3.05) is 13.1 Å². The van der Waals surface area contributed by atoms with Gasteiger partial charge in [0.15, 0.2) is 0 Å². The lowest BCUT2D eigenvalue weighted by Gasteiger charge is -2.17. The summed E-state index contributed by atoms with van der Waals surface area (Å²) in [5.74, 6) is 0. The average molecular weight is 165 g/mol. The van der Waals surface area contributed by atoms with Crippen LogP contribution in [0.25, 0.3) is 0 Å². The lowest BCUT2D eigenvalue weighted by atomic mass is 9.92. The van der Waals surface area contributed by atoms with Gasteiger partial charge in [0.1, 0.15) is 0 Å². The van der Waals surface area contributed by atoms with Gasteiger partial charge in [-0.2, -0.15) is 0 Å². The van der Waals surface area contributed by atoms with Crippen molar-refractivity contribution < 1.29 is 8.78 Å². The topological polar surface area (TPSA) is 12.0 Å². The van der Waals surface area contributed by atoms with Crippen molar-refractivity contribution in [3.63, 3.8) is 0 Å². The van der Waals surface area contributed by atoms with Crippen molar-refractivity contribution in [3.8, 4) is 0 Å². The van der Waals surface area contributed by atoms with Crippen molar-refractivity contribution in [2.24, 2.45) is 5.41 Å². The van der Waals surface area contributed by atoms with Crippen LogP contribution in [0.5, 0.6) is 0 Å². The van der Waals surface area contributed by atoms with Crippen molar-refractivity contribution in [1.29, 1.82) is 0 Å². The molecule has 0 radical (unpaired) electrons. The fourth-order valence-electron chi connectivity index (χ4n) is 0.675. The highest BCUT2D eigenvalue weighted by molar-refractivity contribution is 4.63. The molecule has 3 heteroatoms. The number of hydrogen-bond donors (Lipinski definition) is 1. The molecule has 1 N–H and O–H groups in total. The standard InChI is InChI=1S/C8H17F2N/c1-8(2,3)4-5-11-6-7(9)10/h7,11H,4-6H2,1-3H3. The zero-order chi connectivity index (χ0) is 8.91. The third kappa shape index (κ3) is 9.82. The summed E-state index contributed by atoms with van der Waals surface area (Å²) in [5.41, 5.74) is 0.231. The van der Waals surface area contributed by atoms with Gasteiger partial charge in [-0.05, 0) is 18.4 Å². The molecule has 0 amide bonds. The summed E-state index contributed by atoms with van der Waals surface area (Å²) in [5, 5.41) is 2.69. The third-order valence-electron chi connectivity index (χ3n) is 1.35. The molecule has 0 unspecified atom stereocenters. The summed E-state index contributed by atoms with van der Waals surface area (Å²) in [6.07, 6.45) is -1.30. The van der Waals surface area contributed by atoms with Gasteiger partial charge in [-0.3, -0.25) is 0 Å². The molecule has 0 aliphatic heterocycles. The Kier molecular flexibility index (Phi) is 4.57. The highest BCUT2D eigenvalue weighted by Gasteiger charge is 2.09. The normalized spacial score (nSPS) is 12.5. The first kappa shape index (κ1) is 10.8. The van der Waals surface area contributed by atoms with Gasteiger partial charge in [0.25, 0.3) is 6.43 Å². The molecule has 0 saturated heterocycles. The van der Waals surface area contributed by atoms with E-state index in [2.05, 4.69) is 26.1 Å². The highest BCUT2D eigenvalue weighted by atomic mass is 19.3. The maximum absolute atomic E-state index is 11.6. The van der Waals surface area contributed by atoms with Crippen LogP contribution in [-0.4, -0.2) is 19.5 Å². The second-order valence-electron chi connectivity index (χ2n) is 3.91. The van der Waals surface area contributed by atoms with Crippen LogP contribution in [-0.2, 0) is 0 Å². The van der Waals surface area contributed by atoms with Crippen LogP contribution in [0.4, 0.5) is 8.78 Å². The Morgan fingerprint density at radius 1 is 1.27 bits per heavy atom. The van der Waals surface area contributed by atoms with Crippen LogP contribution >= 0.6 is 0 Å². The Morgan fingerprint density at radius 2 is 1.82 bits per heavy atom. The lowest BCUT2D eigenvalue weighted by molar-refractivity contribution is 0.144. The summed E-state index contributed by atoms with van der Waals surface area (Å²) < 4.78 is 23.2. The predicted molar refractivity (Wildman–Crippen MR) is 42.9 cm³/mol. The van der Waals surface area contributed by atoms with Gasteiger partial charge >= 0.3 is 0 Å². The summed E-state index contributed by atoms with van der Waals surface area (Å²) in [4.78, 5) is 0. The second kappa shape index (κ2) is 4.65. The van der Waals surface area contributed by atoms with Gasteiger partial charge in [-0.25, -0.2) is 8.78 Å². The maximum Gasteiger partial charge on any atom is 0.250 e. The predicted octanol–water partition coefficient (Wildman–Crippen LogP) is 2.28. The average Bonchev–Trinajstić information content (AvgIpc) is 1.78. The van der Waals surface area contributed by atoms with E-state index in [0.717, 1.165) is 6.42 Å². The van der Waals surface area contributed by atoms with E-state index in [-0.39, 0.29) is 12.0 Å². The van der Waals surface area contributed by atoms with E-state index < -0.39 is 6.43 Å². The Morgan fingerprint density at radius 3 is 2.18 bits per heavy atom. The Balaban J connectivity index is 3.15. The van der Waals surface area contributed by atoms with E-state index in [1.807, 2.05) is 0 Å². The molecule has 1 nitrogen and oxygen atoms in total. The minimum absolute atomic E-state index is 0.184. The molecule has 0 heterocycles. The smallest absolute Gasteiger partial charge is 0.250 e. The fraction of sp³-hybridized carbons (Fsp3) is 1.00. The molecule has 0 aromatic rings. The molecule has 0 spiro atoms. The largest absolute Gasteiger partial charge is 0.311 e. The molecular formula is C8H17F2N. The first-order valence-corrected chi connectivity index (χ1v) is 3.91. The van der Waals surface area contributed by atoms with Crippen molar-refractivity contribution >= 4 is 0 Å². The Bertz CT molecular complexity index is 96.8. The van der Waals surface area contributed by atoms with Crippen LogP contribution in [0.2, 0.25) is 0 Å². The van der Waals surface area contributed by atoms with Crippen molar-refractivity contribution in [2.45, 2.75) is 33.6 Å². The zero-order valence-corrected chi connectivity index (χ0v) is 7.45. The van der Waals surface area contributed by atoms with Crippen LogP contribution in [0.3, 0.4) is 0 Å². The highest BCUT2D eigenvalue weighted by Crippen LogP contribution is 2.16.